The Morgan fingerprint density at radius 1 is 1.25 bits per heavy atom. The van der Waals surface area contributed by atoms with E-state index >= 15 is 0 Å². The van der Waals surface area contributed by atoms with Gasteiger partial charge in [-0.2, -0.15) is 0 Å². The van der Waals surface area contributed by atoms with Crippen LogP contribution < -0.4 is 10.2 Å². The summed E-state index contributed by atoms with van der Waals surface area (Å²) in [6.07, 6.45) is 8.48. The Bertz CT molecular complexity index is 1090. The first-order valence-corrected chi connectivity index (χ1v) is 11.4. The number of hydrogen-bond acceptors (Lipinski definition) is 6. The predicted octanol–water partition coefficient (Wildman–Crippen LogP) is 3.36. The summed E-state index contributed by atoms with van der Waals surface area (Å²) in [6.45, 7) is 8.55. The van der Waals surface area contributed by atoms with Gasteiger partial charge in [0, 0.05) is 68.9 Å². The van der Waals surface area contributed by atoms with E-state index in [0.29, 0.717) is 24.6 Å². The van der Waals surface area contributed by atoms with Crippen molar-refractivity contribution in [2.24, 2.45) is 0 Å². The maximum atomic E-state index is 12.5. The van der Waals surface area contributed by atoms with Gasteiger partial charge < -0.3 is 19.5 Å². The highest BCUT2D eigenvalue weighted by Crippen LogP contribution is 2.26. The summed E-state index contributed by atoms with van der Waals surface area (Å²) in [7, 11) is 1.77. The normalized spacial score (nSPS) is 15.0. The van der Waals surface area contributed by atoms with Crippen molar-refractivity contribution < 1.29 is 9.53 Å². The lowest BCUT2D eigenvalue weighted by Crippen LogP contribution is -2.37. The van der Waals surface area contributed by atoms with E-state index < -0.39 is 0 Å². The number of methoxy groups -OCH3 is 1. The number of pyridine rings is 1. The van der Waals surface area contributed by atoms with Gasteiger partial charge in [0.25, 0.3) is 5.91 Å². The van der Waals surface area contributed by atoms with Crippen molar-refractivity contribution in [3.63, 3.8) is 0 Å². The molecule has 0 atom stereocenters. The second-order valence-electron chi connectivity index (χ2n) is 8.54. The highest BCUT2D eigenvalue weighted by Gasteiger charge is 2.21. The molecule has 0 aliphatic carbocycles. The minimum Gasteiger partial charge on any atom is -0.381 e. The first-order valence-electron chi connectivity index (χ1n) is 11.4. The van der Waals surface area contributed by atoms with E-state index in [4.69, 9.17) is 9.72 Å². The molecule has 1 aliphatic heterocycles. The molecule has 170 valence electrons. The van der Waals surface area contributed by atoms with Gasteiger partial charge in [0.2, 0.25) is 5.95 Å². The topological polar surface area (TPSA) is 85.2 Å². The number of rotatable bonds is 7. The van der Waals surface area contributed by atoms with Gasteiger partial charge in [-0.15, -0.1) is 0 Å². The summed E-state index contributed by atoms with van der Waals surface area (Å²) in [5.74, 6) is 0.700. The van der Waals surface area contributed by atoms with Crippen LogP contribution in [0.1, 0.15) is 61.4 Å². The smallest absolute Gasteiger partial charge is 0.253 e. The monoisotopic (exact) mass is 436 g/mol. The van der Waals surface area contributed by atoms with E-state index in [1.807, 2.05) is 31.6 Å². The van der Waals surface area contributed by atoms with Gasteiger partial charge in [0.05, 0.1) is 22.9 Å². The highest BCUT2D eigenvalue weighted by molar-refractivity contribution is 6.06. The minimum atomic E-state index is -0.0656. The zero-order chi connectivity index (χ0) is 22.7. The lowest BCUT2D eigenvalue weighted by atomic mass is 10.1. The number of nitrogens with one attached hydrogen (secondary N) is 1. The Morgan fingerprint density at radius 3 is 2.72 bits per heavy atom. The number of amides is 1. The van der Waals surface area contributed by atoms with Crippen molar-refractivity contribution >= 4 is 22.8 Å². The molecule has 1 N–H and O–H groups in total. The molecule has 0 unspecified atom stereocenters. The van der Waals surface area contributed by atoms with Crippen LogP contribution in [-0.4, -0.2) is 58.3 Å². The number of piperidine rings is 1. The minimum absolute atomic E-state index is 0.0656. The molecule has 0 spiro atoms. The number of aromatic nitrogens is 4. The molecule has 32 heavy (non-hydrogen) atoms. The van der Waals surface area contributed by atoms with Crippen molar-refractivity contribution in [3.05, 3.63) is 47.7 Å². The summed E-state index contributed by atoms with van der Waals surface area (Å²) in [4.78, 5) is 28.7. The van der Waals surface area contributed by atoms with E-state index in [9.17, 15) is 4.79 Å². The second kappa shape index (κ2) is 9.65. The van der Waals surface area contributed by atoms with Crippen LogP contribution in [0.2, 0.25) is 0 Å². The third kappa shape index (κ3) is 4.60. The maximum absolute atomic E-state index is 12.5. The molecule has 1 saturated heterocycles. The molecule has 8 nitrogen and oxygen atoms in total. The number of nitrogens with zero attached hydrogens (tertiary/aromatic N) is 5. The van der Waals surface area contributed by atoms with Gasteiger partial charge in [0.1, 0.15) is 0 Å². The second-order valence-corrected chi connectivity index (χ2v) is 8.54. The van der Waals surface area contributed by atoms with Crippen molar-refractivity contribution in [2.75, 3.05) is 31.6 Å². The molecular formula is C24H32N6O2. The van der Waals surface area contributed by atoms with Crippen molar-refractivity contribution in [1.29, 1.82) is 0 Å². The molecule has 8 heteroatoms. The fourth-order valence-electron chi connectivity index (χ4n) is 4.26. The van der Waals surface area contributed by atoms with Crippen molar-refractivity contribution in [3.8, 4) is 0 Å². The Morgan fingerprint density at radius 2 is 2.03 bits per heavy atom. The van der Waals surface area contributed by atoms with Crippen LogP contribution in [-0.2, 0) is 11.2 Å². The van der Waals surface area contributed by atoms with Crippen LogP contribution in [0.5, 0.6) is 0 Å². The van der Waals surface area contributed by atoms with Gasteiger partial charge in [-0.05, 0) is 45.7 Å². The summed E-state index contributed by atoms with van der Waals surface area (Å²) in [5.41, 5.74) is 3.53. The Labute approximate surface area is 189 Å². The SMILES string of the molecule is CCNC(=O)c1cn(C(C)C)c2cc(Cc3ccnc(N4CCC(OC)CC4)n3)ncc12. The predicted molar refractivity (Wildman–Crippen MR) is 125 cm³/mol. The summed E-state index contributed by atoms with van der Waals surface area (Å²) in [5, 5.41) is 3.77. The molecule has 4 heterocycles. The largest absolute Gasteiger partial charge is 0.381 e. The number of fused-ring (bicyclic) bond motifs is 1. The molecule has 1 fully saturated rings. The Balaban J connectivity index is 1.58. The van der Waals surface area contributed by atoms with Crippen LogP contribution in [0, 0.1) is 0 Å². The summed E-state index contributed by atoms with van der Waals surface area (Å²) >= 11 is 0. The van der Waals surface area contributed by atoms with Crippen molar-refractivity contribution in [1.82, 2.24) is 24.8 Å². The molecule has 3 aromatic heterocycles. The fourth-order valence-corrected chi connectivity index (χ4v) is 4.26. The van der Waals surface area contributed by atoms with Crippen LogP contribution in [0.25, 0.3) is 10.9 Å². The average Bonchev–Trinajstić information content (AvgIpc) is 3.19. The highest BCUT2D eigenvalue weighted by atomic mass is 16.5. The van der Waals surface area contributed by atoms with E-state index in [1.165, 1.54) is 0 Å². The van der Waals surface area contributed by atoms with Crippen LogP contribution in [0.3, 0.4) is 0 Å². The van der Waals surface area contributed by atoms with Gasteiger partial charge in [-0.25, -0.2) is 9.97 Å². The van der Waals surface area contributed by atoms with Gasteiger partial charge in [-0.1, -0.05) is 0 Å². The zero-order valence-corrected chi connectivity index (χ0v) is 19.3. The molecule has 0 radical (unpaired) electrons. The van der Waals surface area contributed by atoms with Gasteiger partial charge >= 0.3 is 0 Å². The summed E-state index contributed by atoms with van der Waals surface area (Å²) < 4.78 is 7.60. The number of hydrogen-bond donors (Lipinski definition) is 1. The van der Waals surface area contributed by atoms with Crippen LogP contribution >= 0.6 is 0 Å². The Hall–Kier alpha value is -3.00. The zero-order valence-electron chi connectivity index (χ0n) is 19.3. The fraction of sp³-hybridized carbons (Fsp3) is 0.500. The molecule has 1 aliphatic rings. The maximum Gasteiger partial charge on any atom is 0.253 e. The third-order valence-corrected chi connectivity index (χ3v) is 6.03. The van der Waals surface area contributed by atoms with E-state index in [-0.39, 0.29) is 11.9 Å². The average molecular weight is 437 g/mol. The van der Waals surface area contributed by atoms with E-state index in [2.05, 4.69) is 44.7 Å². The van der Waals surface area contributed by atoms with E-state index in [0.717, 1.165) is 54.2 Å². The van der Waals surface area contributed by atoms with Crippen LogP contribution in [0.4, 0.5) is 5.95 Å². The molecular weight excluding hydrogens is 404 g/mol. The molecule has 0 aromatic carbocycles. The molecule has 0 saturated carbocycles. The number of anilines is 1. The Kier molecular flexibility index (Phi) is 6.69. The van der Waals surface area contributed by atoms with Crippen molar-refractivity contribution in [2.45, 2.75) is 52.2 Å². The summed E-state index contributed by atoms with van der Waals surface area (Å²) in [6, 6.07) is 4.25. The number of carbonyl (C=O) groups excluding carboxylic acids is 1. The number of carbonyl (C=O) groups is 1. The van der Waals surface area contributed by atoms with Crippen LogP contribution in [0.15, 0.2) is 30.7 Å². The first-order chi connectivity index (χ1) is 15.5. The van der Waals surface area contributed by atoms with E-state index in [1.54, 1.807) is 7.11 Å². The lowest BCUT2D eigenvalue weighted by molar-refractivity contribution is 0.0816. The quantitative estimate of drug-likeness (QED) is 0.611. The van der Waals surface area contributed by atoms with Gasteiger partial charge in [-0.3, -0.25) is 9.78 Å². The lowest BCUT2D eigenvalue weighted by Gasteiger charge is -2.31. The molecule has 0 bridgehead atoms. The molecule has 1 amide bonds. The number of ether oxygens (including phenoxy) is 1. The third-order valence-electron chi connectivity index (χ3n) is 6.03. The molecule has 3 aromatic rings. The molecule has 4 rings (SSSR count). The first kappa shape index (κ1) is 22.2. The standard InChI is InChI=1S/C24H32N6O2/c1-5-25-23(31)21-15-30(16(2)3)22-13-18(27-14-20(21)22)12-17-6-9-26-24(28-17)29-10-7-19(32-4)8-11-29/h6,9,13-16,19H,5,7-8,10-12H2,1-4H3,(H,25,31). The van der Waals surface area contributed by atoms with Gasteiger partial charge in [0.15, 0.2) is 0 Å².